The van der Waals surface area contributed by atoms with Crippen LogP contribution in [0.5, 0.6) is 5.75 Å². The largest absolute Gasteiger partial charge is 0.497 e. The maximum atomic E-state index is 9.10. The first-order valence-corrected chi connectivity index (χ1v) is 4.89. The summed E-state index contributed by atoms with van der Waals surface area (Å²) in [6, 6.07) is 7.70. The smallest absolute Gasteiger partial charge is 0.119 e. The summed E-state index contributed by atoms with van der Waals surface area (Å²) in [6.45, 7) is 0.813. The van der Waals surface area contributed by atoms with Gasteiger partial charge in [0.05, 0.1) is 19.8 Å². The lowest BCUT2D eigenvalue weighted by molar-refractivity contribution is 0.0942. The Bertz CT molecular complexity index is 291. The van der Waals surface area contributed by atoms with Crippen molar-refractivity contribution in [2.75, 3.05) is 20.3 Å². The second-order valence-electron chi connectivity index (χ2n) is 3.32. The zero-order valence-electron chi connectivity index (χ0n) is 8.81. The third kappa shape index (κ3) is 4.29. The van der Waals surface area contributed by atoms with Crippen molar-refractivity contribution in [3.8, 4) is 5.75 Å². The number of methoxy groups -OCH3 is 1. The lowest BCUT2D eigenvalue weighted by Crippen LogP contribution is -2.28. The van der Waals surface area contributed by atoms with Crippen LogP contribution in [0.3, 0.4) is 0 Å². The van der Waals surface area contributed by atoms with E-state index in [1.807, 2.05) is 24.3 Å². The van der Waals surface area contributed by atoms with Crippen LogP contribution in [-0.4, -0.2) is 36.6 Å². The van der Waals surface area contributed by atoms with Crippen molar-refractivity contribution in [3.63, 3.8) is 0 Å². The predicted molar refractivity (Wildman–Crippen MR) is 57.8 cm³/mol. The van der Waals surface area contributed by atoms with Gasteiger partial charge in [-0.1, -0.05) is 12.1 Å². The Hall–Kier alpha value is -1.10. The molecule has 1 rings (SSSR count). The predicted octanol–water partition coefficient (Wildman–Crippen LogP) is 0.138. The highest BCUT2D eigenvalue weighted by Gasteiger charge is 2.01. The van der Waals surface area contributed by atoms with Crippen molar-refractivity contribution >= 4 is 0 Å². The fourth-order valence-electron chi connectivity index (χ4n) is 1.23. The van der Waals surface area contributed by atoms with Crippen LogP contribution in [0.15, 0.2) is 24.3 Å². The molecule has 0 aromatic heterocycles. The van der Waals surface area contributed by atoms with Crippen molar-refractivity contribution < 1.29 is 14.9 Å². The molecular weight excluding hydrogens is 194 g/mol. The van der Waals surface area contributed by atoms with Crippen molar-refractivity contribution in [2.45, 2.75) is 12.6 Å². The lowest BCUT2D eigenvalue weighted by atomic mass is 10.2. The van der Waals surface area contributed by atoms with Crippen LogP contribution in [0.4, 0.5) is 0 Å². The number of ether oxygens (including phenoxy) is 1. The van der Waals surface area contributed by atoms with Crippen molar-refractivity contribution in [2.24, 2.45) is 0 Å². The molecule has 0 bridgehead atoms. The van der Waals surface area contributed by atoms with Gasteiger partial charge in [0.15, 0.2) is 0 Å². The summed E-state index contributed by atoms with van der Waals surface area (Å²) >= 11 is 0. The molecule has 4 nitrogen and oxygen atoms in total. The van der Waals surface area contributed by atoms with Gasteiger partial charge in [-0.05, 0) is 17.7 Å². The first-order chi connectivity index (χ1) is 7.26. The molecule has 0 radical (unpaired) electrons. The second kappa shape index (κ2) is 6.40. The highest BCUT2D eigenvalue weighted by molar-refractivity contribution is 5.28. The Labute approximate surface area is 89.5 Å². The van der Waals surface area contributed by atoms with E-state index in [4.69, 9.17) is 14.9 Å². The molecule has 0 saturated heterocycles. The zero-order valence-corrected chi connectivity index (χ0v) is 8.81. The van der Waals surface area contributed by atoms with Gasteiger partial charge in [-0.15, -0.1) is 0 Å². The third-order valence-electron chi connectivity index (χ3n) is 2.05. The van der Waals surface area contributed by atoms with Gasteiger partial charge in [-0.2, -0.15) is 0 Å². The Kier molecular flexibility index (Phi) is 5.10. The molecule has 1 aromatic carbocycles. The number of nitrogens with one attached hydrogen (secondary N) is 1. The highest BCUT2D eigenvalue weighted by Crippen LogP contribution is 2.11. The molecule has 0 amide bonds. The van der Waals surface area contributed by atoms with Crippen molar-refractivity contribution in [1.29, 1.82) is 0 Å². The molecule has 1 atom stereocenters. The van der Waals surface area contributed by atoms with Gasteiger partial charge >= 0.3 is 0 Å². The van der Waals surface area contributed by atoms with Crippen LogP contribution in [-0.2, 0) is 6.54 Å². The van der Waals surface area contributed by atoms with Crippen LogP contribution in [0.25, 0.3) is 0 Å². The fraction of sp³-hybridized carbons (Fsp3) is 0.455. The molecule has 3 N–H and O–H groups in total. The number of benzene rings is 1. The molecule has 84 valence electrons. The molecule has 0 unspecified atom stereocenters. The summed E-state index contributed by atoms with van der Waals surface area (Å²) in [7, 11) is 1.63. The average Bonchev–Trinajstić information content (AvgIpc) is 2.29. The van der Waals surface area contributed by atoms with Crippen molar-refractivity contribution in [3.05, 3.63) is 29.8 Å². The van der Waals surface area contributed by atoms with E-state index in [0.29, 0.717) is 13.1 Å². The van der Waals surface area contributed by atoms with Gasteiger partial charge in [0, 0.05) is 13.1 Å². The number of rotatable bonds is 6. The average molecular weight is 211 g/mol. The van der Waals surface area contributed by atoms with Crippen LogP contribution in [0.1, 0.15) is 5.56 Å². The number of aliphatic hydroxyl groups excluding tert-OH is 2. The van der Waals surface area contributed by atoms with E-state index < -0.39 is 6.10 Å². The Morgan fingerprint density at radius 1 is 1.47 bits per heavy atom. The molecule has 15 heavy (non-hydrogen) atoms. The van der Waals surface area contributed by atoms with E-state index in [1.165, 1.54) is 0 Å². The summed E-state index contributed by atoms with van der Waals surface area (Å²) in [4.78, 5) is 0. The fourth-order valence-corrected chi connectivity index (χ4v) is 1.23. The van der Waals surface area contributed by atoms with Crippen LogP contribution in [0, 0.1) is 0 Å². The molecule has 0 saturated carbocycles. The van der Waals surface area contributed by atoms with Crippen LogP contribution < -0.4 is 10.1 Å². The second-order valence-corrected chi connectivity index (χ2v) is 3.32. The third-order valence-corrected chi connectivity index (χ3v) is 2.05. The SMILES string of the molecule is COc1cccc(CNC[C@H](O)CO)c1. The van der Waals surface area contributed by atoms with E-state index in [9.17, 15) is 0 Å². The monoisotopic (exact) mass is 211 g/mol. The molecule has 0 spiro atoms. The molecule has 1 aromatic rings. The summed E-state index contributed by atoms with van der Waals surface area (Å²) in [5, 5.41) is 20.7. The number of hydrogen-bond donors (Lipinski definition) is 3. The summed E-state index contributed by atoms with van der Waals surface area (Å²) in [5.41, 5.74) is 1.08. The van der Waals surface area contributed by atoms with E-state index in [0.717, 1.165) is 11.3 Å². The maximum Gasteiger partial charge on any atom is 0.119 e. The lowest BCUT2D eigenvalue weighted by Gasteiger charge is -2.09. The number of hydrogen-bond acceptors (Lipinski definition) is 4. The minimum absolute atomic E-state index is 0.217. The maximum absolute atomic E-state index is 9.10. The van der Waals surface area contributed by atoms with Crippen molar-refractivity contribution in [1.82, 2.24) is 5.32 Å². The molecule has 4 heteroatoms. The van der Waals surface area contributed by atoms with Gasteiger partial charge in [0.2, 0.25) is 0 Å². The Morgan fingerprint density at radius 3 is 2.93 bits per heavy atom. The van der Waals surface area contributed by atoms with E-state index in [-0.39, 0.29) is 6.61 Å². The normalized spacial score (nSPS) is 12.5. The summed E-state index contributed by atoms with van der Waals surface area (Å²) < 4.78 is 5.09. The minimum Gasteiger partial charge on any atom is -0.497 e. The van der Waals surface area contributed by atoms with Gasteiger partial charge in [0.1, 0.15) is 5.75 Å². The highest BCUT2D eigenvalue weighted by atomic mass is 16.5. The van der Waals surface area contributed by atoms with E-state index in [2.05, 4.69) is 5.32 Å². The van der Waals surface area contributed by atoms with E-state index >= 15 is 0 Å². The number of aliphatic hydroxyl groups is 2. The summed E-state index contributed by atoms with van der Waals surface area (Å²) in [5.74, 6) is 0.817. The molecule has 0 fully saturated rings. The summed E-state index contributed by atoms with van der Waals surface area (Å²) in [6.07, 6.45) is -0.699. The first kappa shape index (κ1) is 12.0. The minimum atomic E-state index is -0.699. The van der Waals surface area contributed by atoms with Gasteiger partial charge in [-0.25, -0.2) is 0 Å². The molecule has 0 heterocycles. The van der Waals surface area contributed by atoms with Crippen LogP contribution >= 0.6 is 0 Å². The molecule has 0 aliphatic heterocycles. The Balaban J connectivity index is 2.37. The van der Waals surface area contributed by atoms with Gasteiger partial charge < -0.3 is 20.3 Å². The Morgan fingerprint density at radius 2 is 2.27 bits per heavy atom. The first-order valence-electron chi connectivity index (χ1n) is 4.89. The van der Waals surface area contributed by atoms with E-state index in [1.54, 1.807) is 7.11 Å². The molecule has 0 aliphatic rings. The topological polar surface area (TPSA) is 61.7 Å². The van der Waals surface area contributed by atoms with Crippen LogP contribution in [0.2, 0.25) is 0 Å². The standard InChI is InChI=1S/C11H17NO3/c1-15-11-4-2-3-9(5-11)6-12-7-10(14)8-13/h2-5,10,12-14H,6-8H2,1H3/t10-/m0/s1. The molecular formula is C11H17NO3. The quantitative estimate of drug-likeness (QED) is 0.626. The van der Waals surface area contributed by atoms with Gasteiger partial charge in [0.25, 0.3) is 0 Å². The van der Waals surface area contributed by atoms with Gasteiger partial charge in [-0.3, -0.25) is 0 Å². The molecule has 0 aliphatic carbocycles. The zero-order chi connectivity index (χ0) is 11.1.